The molecular formula is C23H23N5O6S. The van der Waals surface area contributed by atoms with E-state index >= 15 is 0 Å². The van der Waals surface area contributed by atoms with Gasteiger partial charge >= 0.3 is 5.97 Å². The third-order valence-electron chi connectivity index (χ3n) is 5.06. The Morgan fingerprint density at radius 2 is 1.51 bits per heavy atom. The van der Waals surface area contributed by atoms with Crippen LogP contribution in [-0.2, 0) is 0 Å². The van der Waals surface area contributed by atoms with Gasteiger partial charge in [-0.15, -0.1) is 0 Å². The van der Waals surface area contributed by atoms with E-state index in [1.54, 1.807) is 59.6 Å². The van der Waals surface area contributed by atoms with Gasteiger partial charge in [-0.25, -0.2) is 14.8 Å². The molecule has 0 fully saturated rings. The zero-order valence-corrected chi connectivity index (χ0v) is 20.4. The molecule has 0 aliphatic rings. The first-order valence-corrected chi connectivity index (χ1v) is 11.1. The van der Waals surface area contributed by atoms with Gasteiger partial charge in [-0.05, 0) is 25.1 Å². The van der Waals surface area contributed by atoms with Crippen molar-refractivity contribution in [1.82, 2.24) is 15.0 Å². The molecule has 2 heterocycles. The summed E-state index contributed by atoms with van der Waals surface area (Å²) >= 11 is 1.00. The lowest BCUT2D eigenvalue weighted by Gasteiger charge is -2.15. The van der Waals surface area contributed by atoms with Crippen LogP contribution >= 0.6 is 11.3 Å². The lowest BCUT2D eigenvalue weighted by Crippen LogP contribution is -2.03. The van der Waals surface area contributed by atoms with Crippen LogP contribution in [0.25, 0.3) is 10.9 Å². The Kier molecular flexibility index (Phi) is 6.73. The number of rotatable bonds is 9. The number of aromatic nitrogens is 3. The Morgan fingerprint density at radius 3 is 2.14 bits per heavy atom. The maximum absolute atomic E-state index is 11.4. The standard InChI is InChI=1S/C23H23N5O6S/c1-11-19(21(29)30)35-23(24-11)28-22-26-14-10-18(34-5)17(33-4)9-13(14)20(27-22)25-12-6-7-15(31-2)16(8-12)32-3/h6-10H,1-5H3,(H,29,30)(H2,24,25,26,27,28). The minimum Gasteiger partial charge on any atom is -0.493 e. The number of methoxy groups -OCH3 is 4. The summed E-state index contributed by atoms with van der Waals surface area (Å²) in [7, 11) is 6.21. The van der Waals surface area contributed by atoms with Crippen LogP contribution < -0.4 is 29.6 Å². The van der Waals surface area contributed by atoms with E-state index in [4.69, 9.17) is 18.9 Å². The van der Waals surface area contributed by atoms with Crippen LogP contribution in [0.4, 0.5) is 22.6 Å². The highest BCUT2D eigenvalue weighted by molar-refractivity contribution is 7.17. The number of hydrogen-bond acceptors (Lipinski definition) is 11. The summed E-state index contributed by atoms with van der Waals surface area (Å²) in [5.41, 5.74) is 1.66. The summed E-state index contributed by atoms with van der Waals surface area (Å²) < 4.78 is 21.6. The third kappa shape index (κ3) is 4.82. The van der Waals surface area contributed by atoms with Gasteiger partial charge in [0.25, 0.3) is 0 Å². The molecule has 2 aromatic carbocycles. The topological polar surface area (TPSA) is 137 Å². The van der Waals surface area contributed by atoms with Gasteiger partial charge in [0.1, 0.15) is 10.7 Å². The molecule has 0 radical (unpaired) electrons. The van der Waals surface area contributed by atoms with Crippen molar-refractivity contribution in [3.05, 3.63) is 40.9 Å². The number of nitrogens with one attached hydrogen (secondary N) is 2. The number of ether oxygens (including phenoxy) is 4. The molecule has 35 heavy (non-hydrogen) atoms. The molecule has 0 spiro atoms. The van der Waals surface area contributed by atoms with Crippen molar-refractivity contribution >= 4 is 50.8 Å². The molecule has 0 bridgehead atoms. The molecule has 0 amide bonds. The summed E-state index contributed by atoms with van der Waals surface area (Å²) in [6.07, 6.45) is 0. The summed E-state index contributed by atoms with van der Waals surface area (Å²) in [6, 6.07) is 8.89. The van der Waals surface area contributed by atoms with Crippen LogP contribution in [0.1, 0.15) is 15.4 Å². The van der Waals surface area contributed by atoms with Crippen molar-refractivity contribution in [3.63, 3.8) is 0 Å². The first-order chi connectivity index (χ1) is 16.9. The molecule has 0 saturated heterocycles. The maximum atomic E-state index is 11.4. The second-order valence-corrected chi connectivity index (χ2v) is 8.18. The van der Waals surface area contributed by atoms with Gasteiger partial charge in [-0.3, -0.25) is 5.32 Å². The minimum absolute atomic E-state index is 0.142. The lowest BCUT2D eigenvalue weighted by molar-refractivity contribution is 0.0701. The van der Waals surface area contributed by atoms with Gasteiger partial charge in [-0.1, -0.05) is 11.3 Å². The number of carboxylic acids is 1. The van der Waals surface area contributed by atoms with E-state index in [0.717, 1.165) is 11.3 Å². The van der Waals surface area contributed by atoms with Crippen LogP contribution in [0, 0.1) is 6.92 Å². The van der Waals surface area contributed by atoms with Gasteiger partial charge in [0.15, 0.2) is 28.1 Å². The number of anilines is 4. The van der Waals surface area contributed by atoms with Gasteiger partial charge in [0.2, 0.25) is 5.95 Å². The number of nitrogens with zero attached hydrogens (tertiary/aromatic N) is 3. The fourth-order valence-electron chi connectivity index (χ4n) is 3.40. The Labute approximate surface area is 204 Å². The van der Waals surface area contributed by atoms with Crippen LogP contribution in [0.2, 0.25) is 0 Å². The van der Waals surface area contributed by atoms with E-state index in [9.17, 15) is 9.90 Å². The quantitative estimate of drug-likeness (QED) is 0.299. The van der Waals surface area contributed by atoms with Crippen LogP contribution in [-0.4, -0.2) is 54.5 Å². The van der Waals surface area contributed by atoms with E-state index in [1.807, 2.05) is 6.07 Å². The van der Waals surface area contributed by atoms with Gasteiger partial charge in [0, 0.05) is 23.2 Å². The number of carboxylic acid groups (broad SMARTS) is 1. The molecule has 11 nitrogen and oxygen atoms in total. The molecule has 0 aliphatic carbocycles. The Morgan fingerprint density at radius 1 is 0.857 bits per heavy atom. The molecule has 3 N–H and O–H groups in total. The maximum Gasteiger partial charge on any atom is 0.347 e. The van der Waals surface area contributed by atoms with E-state index in [2.05, 4.69) is 25.6 Å². The second kappa shape index (κ2) is 9.89. The predicted molar refractivity (Wildman–Crippen MR) is 133 cm³/mol. The number of fused-ring (bicyclic) bond motifs is 1. The fourth-order valence-corrected chi connectivity index (χ4v) is 4.20. The Bertz CT molecular complexity index is 1410. The van der Waals surface area contributed by atoms with E-state index in [1.165, 1.54) is 0 Å². The molecule has 0 aliphatic heterocycles. The second-order valence-electron chi connectivity index (χ2n) is 7.18. The largest absolute Gasteiger partial charge is 0.493 e. The SMILES string of the molecule is COc1ccc(Nc2nc(Nc3nc(C)c(C(=O)O)s3)nc3cc(OC)c(OC)cc23)cc1OC. The van der Waals surface area contributed by atoms with Crippen molar-refractivity contribution in [2.45, 2.75) is 6.92 Å². The predicted octanol–water partition coefficient (Wildman–Crippen LogP) is 4.61. The van der Waals surface area contributed by atoms with Crippen molar-refractivity contribution < 1.29 is 28.8 Å². The normalized spacial score (nSPS) is 10.7. The molecular weight excluding hydrogens is 474 g/mol. The van der Waals surface area contributed by atoms with Gasteiger partial charge < -0.3 is 29.4 Å². The summed E-state index contributed by atoms with van der Waals surface area (Å²) in [4.78, 5) is 25.0. The summed E-state index contributed by atoms with van der Waals surface area (Å²) in [5.74, 6) is 1.80. The molecule has 12 heteroatoms. The number of aryl methyl sites for hydroxylation is 1. The Balaban J connectivity index is 1.82. The molecule has 0 atom stereocenters. The molecule has 4 aromatic rings. The smallest absolute Gasteiger partial charge is 0.347 e. The van der Waals surface area contributed by atoms with Crippen LogP contribution in [0.5, 0.6) is 23.0 Å². The number of carbonyl (C=O) groups is 1. The minimum atomic E-state index is -1.04. The number of benzene rings is 2. The van der Waals surface area contributed by atoms with Crippen molar-refractivity contribution in [2.24, 2.45) is 0 Å². The monoisotopic (exact) mass is 497 g/mol. The number of aromatic carboxylic acids is 1. The fraction of sp³-hybridized carbons (Fsp3) is 0.217. The molecule has 0 saturated carbocycles. The van der Waals surface area contributed by atoms with Crippen LogP contribution in [0.15, 0.2) is 30.3 Å². The first kappa shape index (κ1) is 23.8. The summed E-state index contributed by atoms with van der Waals surface area (Å²) in [5, 5.41) is 16.7. The third-order valence-corrected chi connectivity index (χ3v) is 6.12. The van der Waals surface area contributed by atoms with Crippen LogP contribution in [0.3, 0.4) is 0 Å². The lowest BCUT2D eigenvalue weighted by atomic mass is 10.2. The van der Waals surface area contributed by atoms with E-state index in [0.29, 0.717) is 56.2 Å². The van der Waals surface area contributed by atoms with Crippen molar-refractivity contribution in [2.75, 3.05) is 39.1 Å². The Hall–Kier alpha value is -4.32. The van der Waals surface area contributed by atoms with Gasteiger partial charge in [0.05, 0.1) is 39.6 Å². The molecule has 0 unspecified atom stereocenters. The molecule has 4 rings (SSSR count). The number of hydrogen-bond donors (Lipinski definition) is 3. The highest BCUT2D eigenvalue weighted by Crippen LogP contribution is 2.37. The highest BCUT2D eigenvalue weighted by atomic mass is 32.1. The highest BCUT2D eigenvalue weighted by Gasteiger charge is 2.18. The van der Waals surface area contributed by atoms with E-state index in [-0.39, 0.29) is 10.8 Å². The van der Waals surface area contributed by atoms with E-state index < -0.39 is 5.97 Å². The average molecular weight is 498 g/mol. The van der Waals surface area contributed by atoms with Gasteiger partial charge in [-0.2, -0.15) is 4.98 Å². The number of thiazole rings is 1. The first-order valence-electron chi connectivity index (χ1n) is 10.3. The van der Waals surface area contributed by atoms with Crippen molar-refractivity contribution in [3.8, 4) is 23.0 Å². The van der Waals surface area contributed by atoms with Crippen molar-refractivity contribution in [1.29, 1.82) is 0 Å². The molecule has 2 aromatic heterocycles. The summed E-state index contributed by atoms with van der Waals surface area (Å²) in [6.45, 7) is 1.63. The average Bonchev–Trinajstić information content (AvgIpc) is 3.23. The zero-order valence-electron chi connectivity index (χ0n) is 19.6. The molecule has 182 valence electrons. The zero-order chi connectivity index (χ0) is 25.1.